The molecule has 0 aliphatic rings. The molecule has 1 aromatic rings. The van der Waals surface area contributed by atoms with Gasteiger partial charge in [0.15, 0.2) is 0 Å². The topological polar surface area (TPSA) is 30.0 Å². The van der Waals surface area contributed by atoms with Crippen molar-refractivity contribution in [2.45, 2.75) is 6.42 Å². The first-order valence-corrected chi connectivity index (χ1v) is 2.67. The molecule has 1 radical (unpaired) electrons. The maximum absolute atomic E-state index is 9.82. The van der Waals surface area contributed by atoms with Crippen molar-refractivity contribution in [2.75, 3.05) is 0 Å². The summed E-state index contributed by atoms with van der Waals surface area (Å²) in [6.45, 7) is 0. The normalized spacial score (nSPS) is 8.00. The van der Waals surface area contributed by atoms with Gasteiger partial charge in [0.05, 0.1) is 0 Å². The number of rotatable bonds is 2. The first-order valence-electron chi connectivity index (χ1n) is 2.67. The van der Waals surface area contributed by atoms with Gasteiger partial charge in [-0.25, -0.2) is 0 Å². The SMILES string of the molecule is O=[C-]Cc1cccnc1.[Y]. The third-order valence-electron chi connectivity index (χ3n) is 0.999. The van der Waals surface area contributed by atoms with E-state index in [4.69, 9.17) is 0 Å². The Hall–Kier alpha value is -0.0761. The average Bonchev–Trinajstić information content (AvgIpc) is 1.91. The van der Waals surface area contributed by atoms with Crippen LogP contribution < -0.4 is 0 Å². The maximum atomic E-state index is 9.82. The molecule has 1 aromatic heterocycles. The van der Waals surface area contributed by atoms with Crippen LogP contribution in [0.15, 0.2) is 24.5 Å². The van der Waals surface area contributed by atoms with Crippen molar-refractivity contribution in [3.05, 3.63) is 30.1 Å². The second-order valence-electron chi connectivity index (χ2n) is 1.68. The van der Waals surface area contributed by atoms with Gasteiger partial charge in [0, 0.05) is 45.1 Å². The molecular weight excluding hydrogens is 203 g/mol. The molecule has 0 bridgehead atoms. The van der Waals surface area contributed by atoms with E-state index >= 15 is 0 Å². The van der Waals surface area contributed by atoms with Crippen LogP contribution in [0.25, 0.3) is 0 Å². The van der Waals surface area contributed by atoms with Crippen LogP contribution in [-0.4, -0.2) is 11.3 Å². The van der Waals surface area contributed by atoms with E-state index in [1.807, 2.05) is 6.07 Å². The Morgan fingerprint density at radius 3 is 2.90 bits per heavy atom. The summed E-state index contributed by atoms with van der Waals surface area (Å²) in [4.78, 5) is 13.6. The van der Waals surface area contributed by atoms with E-state index in [-0.39, 0.29) is 32.7 Å². The maximum Gasteiger partial charge on any atom is 0.0275 e. The number of hydrogen-bond donors (Lipinski definition) is 0. The summed E-state index contributed by atoms with van der Waals surface area (Å²) in [6, 6.07) is 3.64. The Labute approximate surface area is 84.9 Å². The zero-order chi connectivity index (χ0) is 6.53. The molecule has 0 atom stereocenters. The van der Waals surface area contributed by atoms with Crippen LogP contribution in [0.5, 0.6) is 0 Å². The van der Waals surface area contributed by atoms with Gasteiger partial charge in [0.1, 0.15) is 0 Å². The number of hydrogen-bond acceptors (Lipinski definition) is 2. The molecule has 0 aromatic carbocycles. The predicted octanol–water partition coefficient (Wildman–Crippen LogP) is 0.731. The number of aromatic nitrogens is 1. The molecule has 1 rings (SSSR count). The minimum atomic E-state index is 0. The number of nitrogens with zero attached hydrogens (tertiary/aromatic N) is 1. The smallest absolute Gasteiger partial charge is 0.0275 e. The second-order valence-corrected chi connectivity index (χ2v) is 1.68. The van der Waals surface area contributed by atoms with E-state index < -0.39 is 0 Å². The molecule has 3 heteroatoms. The summed E-state index contributed by atoms with van der Waals surface area (Å²) < 4.78 is 0. The minimum Gasteiger partial charge on any atom is -0.541 e. The van der Waals surface area contributed by atoms with E-state index in [9.17, 15) is 4.79 Å². The molecule has 0 saturated carbocycles. The van der Waals surface area contributed by atoms with Gasteiger partial charge in [0.2, 0.25) is 0 Å². The van der Waals surface area contributed by atoms with Crippen LogP contribution in [0.1, 0.15) is 5.56 Å². The number of carbonyl (C=O) groups excluding carboxylic acids is 1. The van der Waals surface area contributed by atoms with Crippen LogP contribution in [0.4, 0.5) is 0 Å². The first kappa shape index (κ1) is 9.92. The zero-order valence-electron chi connectivity index (χ0n) is 5.45. The van der Waals surface area contributed by atoms with Crippen molar-refractivity contribution in [2.24, 2.45) is 0 Å². The van der Waals surface area contributed by atoms with Crippen molar-refractivity contribution in [3.8, 4) is 0 Å². The Kier molecular flexibility index (Phi) is 5.65. The molecule has 2 nitrogen and oxygen atoms in total. The molecule has 0 N–H and O–H groups in total. The predicted molar refractivity (Wildman–Crippen MR) is 33.6 cm³/mol. The van der Waals surface area contributed by atoms with Crippen LogP contribution in [0.2, 0.25) is 0 Å². The van der Waals surface area contributed by atoms with Crippen molar-refractivity contribution < 1.29 is 37.5 Å². The third-order valence-corrected chi connectivity index (χ3v) is 0.999. The molecule has 0 unspecified atom stereocenters. The zero-order valence-corrected chi connectivity index (χ0v) is 8.29. The molecule has 0 amide bonds. The summed E-state index contributed by atoms with van der Waals surface area (Å²) in [5.74, 6) is 0. The third kappa shape index (κ3) is 3.18. The molecule has 10 heavy (non-hydrogen) atoms. The summed E-state index contributed by atoms with van der Waals surface area (Å²) in [5, 5.41) is 0. The van der Waals surface area contributed by atoms with E-state index in [1.54, 1.807) is 24.7 Å². The van der Waals surface area contributed by atoms with Gasteiger partial charge in [-0.05, 0) is 6.07 Å². The van der Waals surface area contributed by atoms with Crippen molar-refractivity contribution >= 4 is 6.29 Å². The molecular formula is C7H6NOY-. The Morgan fingerprint density at radius 1 is 1.60 bits per heavy atom. The van der Waals surface area contributed by atoms with E-state index in [0.717, 1.165) is 5.56 Å². The van der Waals surface area contributed by atoms with Crippen molar-refractivity contribution in [1.29, 1.82) is 0 Å². The van der Waals surface area contributed by atoms with Crippen LogP contribution in [0.3, 0.4) is 0 Å². The van der Waals surface area contributed by atoms with Gasteiger partial charge in [-0.1, -0.05) is 11.6 Å². The summed E-state index contributed by atoms with van der Waals surface area (Å²) in [5.41, 5.74) is 0.910. The van der Waals surface area contributed by atoms with E-state index in [1.165, 1.54) is 0 Å². The Morgan fingerprint density at radius 2 is 2.40 bits per heavy atom. The van der Waals surface area contributed by atoms with Gasteiger partial charge >= 0.3 is 0 Å². The average molecular weight is 209 g/mol. The molecule has 0 fully saturated rings. The van der Waals surface area contributed by atoms with Crippen molar-refractivity contribution in [3.63, 3.8) is 0 Å². The Balaban J connectivity index is 0.000000810. The Bertz CT molecular complexity index is 188. The van der Waals surface area contributed by atoms with Crippen LogP contribution in [-0.2, 0) is 43.9 Å². The van der Waals surface area contributed by atoms with E-state index in [2.05, 4.69) is 4.98 Å². The van der Waals surface area contributed by atoms with Gasteiger partial charge in [0.25, 0.3) is 0 Å². The fourth-order valence-corrected chi connectivity index (χ4v) is 0.586. The van der Waals surface area contributed by atoms with Gasteiger partial charge in [-0.2, -0.15) is 0 Å². The number of pyridine rings is 1. The van der Waals surface area contributed by atoms with Crippen molar-refractivity contribution in [1.82, 2.24) is 4.98 Å². The molecule has 0 saturated heterocycles. The molecule has 1 heterocycles. The van der Waals surface area contributed by atoms with Crippen LogP contribution in [0, 0.1) is 0 Å². The van der Waals surface area contributed by atoms with Crippen LogP contribution >= 0.6 is 0 Å². The molecule has 0 aliphatic carbocycles. The minimum absolute atomic E-state index is 0. The van der Waals surface area contributed by atoms with Gasteiger partial charge in [-0.15, -0.1) is 6.42 Å². The summed E-state index contributed by atoms with van der Waals surface area (Å²) >= 11 is 0. The quantitative estimate of drug-likeness (QED) is 0.672. The fraction of sp³-hybridized carbons (Fsp3) is 0.143. The fourth-order valence-electron chi connectivity index (χ4n) is 0.586. The second kappa shape index (κ2) is 5.69. The molecule has 49 valence electrons. The summed E-state index contributed by atoms with van der Waals surface area (Å²) in [7, 11) is 0. The first-order chi connectivity index (χ1) is 4.43. The van der Waals surface area contributed by atoms with Gasteiger partial charge < -0.3 is 4.79 Å². The largest absolute Gasteiger partial charge is 0.541 e. The summed E-state index contributed by atoms with van der Waals surface area (Å²) in [6.07, 6.45) is 5.47. The standard InChI is InChI=1S/C7H6NO.Y/c9-5-3-7-2-1-4-8-6-7;/h1-2,4,6H,3H2;/q-1;. The molecule has 0 aliphatic heterocycles. The van der Waals surface area contributed by atoms with E-state index in [0.29, 0.717) is 6.42 Å². The van der Waals surface area contributed by atoms with Gasteiger partial charge in [-0.3, -0.25) is 11.3 Å². The molecule has 0 spiro atoms. The monoisotopic (exact) mass is 209 g/mol.